The van der Waals surface area contributed by atoms with Crippen LogP contribution in [0.3, 0.4) is 0 Å². The summed E-state index contributed by atoms with van der Waals surface area (Å²) in [6, 6.07) is 20.0. The minimum absolute atomic E-state index is 0.0311. The van der Waals surface area contributed by atoms with E-state index in [1.807, 2.05) is 30.3 Å². The molecule has 0 aromatic heterocycles. The number of benzene rings is 3. The van der Waals surface area contributed by atoms with E-state index in [2.05, 4.69) is 34.5 Å². The van der Waals surface area contributed by atoms with E-state index in [0.29, 0.717) is 12.8 Å². The molecule has 3 aromatic rings. The Hall–Kier alpha value is -3.29. The SMILES string of the molecule is O=C1Cc2cc(C3=C(c4ccc(O[C@H]5CCN(CCCF)C5)cc4)c4ccc(O)cc4SC3)ccc2N1. The second-order valence-corrected chi connectivity index (χ2v) is 10.8. The van der Waals surface area contributed by atoms with E-state index in [0.717, 1.165) is 76.0 Å². The number of carbonyl (C=O) groups is 1. The van der Waals surface area contributed by atoms with Gasteiger partial charge in [-0.15, -0.1) is 11.8 Å². The maximum atomic E-state index is 12.5. The number of alkyl halides is 1. The normalized spacial score (nSPS) is 19.1. The molecule has 1 atom stereocenters. The second-order valence-electron chi connectivity index (χ2n) is 9.82. The second kappa shape index (κ2) is 10.2. The number of rotatable bonds is 7. The number of nitrogens with zero attached hydrogens (tertiary/aromatic N) is 1. The molecule has 3 heterocycles. The van der Waals surface area contributed by atoms with E-state index < -0.39 is 0 Å². The number of amides is 1. The predicted octanol–water partition coefficient (Wildman–Crippen LogP) is 5.76. The van der Waals surface area contributed by atoms with Crippen LogP contribution in [0.15, 0.2) is 65.6 Å². The Labute approximate surface area is 220 Å². The van der Waals surface area contributed by atoms with Gasteiger partial charge in [-0.3, -0.25) is 14.1 Å². The number of halogens is 1. The minimum atomic E-state index is -0.275. The zero-order valence-corrected chi connectivity index (χ0v) is 21.3. The minimum Gasteiger partial charge on any atom is -0.508 e. The van der Waals surface area contributed by atoms with Crippen LogP contribution in [-0.2, 0) is 11.2 Å². The highest BCUT2D eigenvalue weighted by Crippen LogP contribution is 2.46. The van der Waals surface area contributed by atoms with Crippen molar-refractivity contribution in [3.63, 3.8) is 0 Å². The molecule has 1 amide bonds. The van der Waals surface area contributed by atoms with E-state index in [9.17, 15) is 14.3 Å². The van der Waals surface area contributed by atoms with Crippen LogP contribution in [0.2, 0.25) is 0 Å². The molecule has 1 saturated heterocycles. The van der Waals surface area contributed by atoms with Crippen molar-refractivity contribution in [1.29, 1.82) is 0 Å². The summed E-state index contributed by atoms with van der Waals surface area (Å²) in [5.74, 6) is 1.89. The lowest BCUT2D eigenvalue weighted by atomic mass is 9.89. The van der Waals surface area contributed by atoms with Gasteiger partial charge in [-0.1, -0.05) is 18.2 Å². The number of aromatic hydroxyl groups is 1. The molecule has 0 aliphatic carbocycles. The highest BCUT2D eigenvalue weighted by atomic mass is 32.2. The molecule has 3 aromatic carbocycles. The zero-order valence-electron chi connectivity index (χ0n) is 20.5. The Balaban J connectivity index is 1.32. The van der Waals surface area contributed by atoms with E-state index in [-0.39, 0.29) is 24.4 Å². The summed E-state index contributed by atoms with van der Waals surface area (Å²) < 4.78 is 18.8. The molecule has 0 bridgehead atoms. The van der Waals surface area contributed by atoms with Gasteiger partial charge in [0.15, 0.2) is 0 Å². The van der Waals surface area contributed by atoms with Gasteiger partial charge in [0.1, 0.15) is 17.6 Å². The Bertz CT molecular complexity index is 1370. The topological polar surface area (TPSA) is 61.8 Å². The van der Waals surface area contributed by atoms with Crippen molar-refractivity contribution in [1.82, 2.24) is 4.90 Å². The van der Waals surface area contributed by atoms with Crippen LogP contribution in [0.4, 0.5) is 10.1 Å². The van der Waals surface area contributed by atoms with Crippen LogP contribution < -0.4 is 10.1 Å². The van der Waals surface area contributed by atoms with Crippen molar-refractivity contribution in [2.75, 3.05) is 37.4 Å². The van der Waals surface area contributed by atoms with Crippen LogP contribution in [0, 0.1) is 0 Å². The lowest BCUT2D eigenvalue weighted by molar-refractivity contribution is -0.115. The van der Waals surface area contributed by atoms with Crippen molar-refractivity contribution < 1.29 is 19.0 Å². The maximum absolute atomic E-state index is 12.5. The highest BCUT2D eigenvalue weighted by molar-refractivity contribution is 7.99. The number of fused-ring (bicyclic) bond motifs is 2. The van der Waals surface area contributed by atoms with Crippen molar-refractivity contribution in [3.05, 3.63) is 82.9 Å². The Morgan fingerprint density at radius 3 is 2.76 bits per heavy atom. The molecule has 0 radical (unpaired) electrons. The maximum Gasteiger partial charge on any atom is 0.228 e. The summed E-state index contributed by atoms with van der Waals surface area (Å²) in [7, 11) is 0. The average Bonchev–Trinajstić information content (AvgIpc) is 3.51. The monoisotopic (exact) mass is 516 g/mol. The number of likely N-dealkylation sites (tertiary alicyclic amines) is 1. The number of hydrogen-bond acceptors (Lipinski definition) is 5. The third-order valence-corrected chi connectivity index (χ3v) is 8.35. The Kier molecular flexibility index (Phi) is 6.65. The smallest absolute Gasteiger partial charge is 0.228 e. The first-order chi connectivity index (χ1) is 18.1. The molecular weight excluding hydrogens is 487 g/mol. The molecule has 1 fully saturated rings. The first-order valence-corrected chi connectivity index (χ1v) is 13.7. The van der Waals surface area contributed by atoms with E-state index in [1.54, 1.807) is 17.8 Å². The van der Waals surface area contributed by atoms with Gasteiger partial charge in [-0.05, 0) is 88.7 Å². The lowest BCUT2D eigenvalue weighted by Gasteiger charge is -2.25. The number of ether oxygens (including phenoxy) is 1. The highest BCUT2D eigenvalue weighted by Gasteiger charge is 2.26. The summed E-state index contributed by atoms with van der Waals surface area (Å²) in [5, 5.41) is 13.0. The van der Waals surface area contributed by atoms with E-state index >= 15 is 0 Å². The standard InChI is InChI=1S/C30H29FN2O3S/c31-11-1-12-33-13-10-24(17-33)36-23-6-2-19(3-7-23)30-25-8-5-22(34)16-28(25)37-18-26(30)20-4-9-27-21(14-20)15-29(35)32-27/h2-9,14,16,24,34H,1,10-13,15,17-18H2,(H,32,35)/t24-/m0/s1. The number of carbonyl (C=O) groups excluding carboxylic acids is 1. The molecule has 0 saturated carbocycles. The molecule has 3 aliphatic heterocycles. The summed E-state index contributed by atoms with van der Waals surface area (Å²) >= 11 is 1.71. The van der Waals surface area contributed by atoms with Crippen LogP contribution >= 0.6 is 11.8 Å². The van der Waals surface area contributed by atoms with Gasteiger partial charge < -0.3 is 15.2 Å². The predicted molar refractivity (Wildman–Crippen MR) is 146 cm³/mol. The van der Waals surface area contributed by atoms with Crippen molar-refractivity contribution in [3.8, 4) is 11.5 Å². The Morgan fingerprint density at radius 1 is 1.08 bits per heavy atom. The van der Waals surface area contributed by atoms with Gasteiger partial charge in [-0.2, -0.15) is 0 Å². The van der Waals surface area contributed by atoms with Crippen molar-refractivity contribution in [2.45, 2.75) is 30.3 Å². The third-order valence-electron chi connectivity index (χ3n) is 7.27. The molecule has 7 heteroatoms. The lowest BCUT2D eigenvalue weighted by Crippen LogP contribution is -2.26. The number of nitrogens with one attached hydrogen (secondary N) is 1. The molecule has 0 unspecified atom stereocenters. The third kappa shape index (κ3) is 4.98. The first kappa shape index (κ1) is 24.1. The fraction of sp³-hybridized carbons (Fsp3) is 0.300. The van der Waals surface area contributed by atoms with Gasteiger partial charge >= 0.3 is 0 Å². The summed E-state index contributed by atoms with van der Waals surface area (Å²) in [6.07, 6.45) is 2.06. The molecule has 0 spiro atoms. The van der Waals surface area contributed by atoms with Gasteiger partial charge in [0, 0.05) is 36.0 Å². The number of thioether (sulfide) groups is 1. The van der Waals surface area contributed by atoms with Gasteiger partial charge in [-0.25, -0.2) is 0 Å². The molecule has 6 rings (SSSR count). The van der Waals surface area contributed by atoms with Crippen LogP contribution in [-0.4, -0.2) is 54.1 Å². The van der Waals surface area contributed by atoms with E-state index in [1.165, 1.54) is 5.57 Å². The number of hydrogen-bond donors (Lipinski definition) is 2. The summed E-state index contributed by atoms with van der Waals surface area (Å²) in [6.45, 7) is 2.29. The molecule has 37 heavy (non-hydrogen) atoms. The van der Waals surface area contributed by atoms with Crippen LogP contribution in [0.25, 0.3) is 11.1 Å². The van der Waals surface area contributed by atoms with Gasteiger partial charge in [0.2, 0.25) is 5.91 Å². The molecule has 3 aliphatic rings. The van der Waals surface area contributed by atoms with Crippen molar-refractivity contribution >= 4 is 34.5 Å². The Morgan fingerprint density at radius 2 is 1.92 bits per heavy atom. The van der Waals surface area contributed by atoms with Crippen LogP contribution in [0.1, 0.15) is 35.1 Å². The number of phenols is 1. The van der Waals surface area contributed by atoms with Crippen LogP contribution in [0.5, 0.6) is 11.5 Å². The molecule has 5 nitrogen and oxygen atoms in total. The molecule has 2 N–H and O–H groups in total. The average molecular weight is 517 g/mol. The largest absolute Gasteiger partial charge is 0.508 e. The summed E-state index contributed by atoms with van der Waals surface area (Å²) in [4.78, 5) is 15.2. The van der Waals surface area contributed by atoms with Gasteiger partial charge in [0.25, 0.3) is 0 Å². The quantitative estimate of drug-likeness (QED) is 0.418. The summed E-state index contributed by atoms with van der Waals surface area (Å²) in [5.41, 5.74) is 7.54. The molecular formula is C30H29FN2O3S. The van der Waals surface area contributed by atoms with Crippen molar-refractivity contribution in [2.24, 2.45) is 0 Å². The molecule has 190 valence electrons. The fourth-order valence-electron chi connectivity index (χ4n) is 5.47. The zero-order chi connectivity index (χ0) is 25.4. The fourth-order valence-corrected chi connectivity index (χ4v) is 6.61. The van der Waals surface area contributed by atoms with E-state index in [4.69, 9.17) is 4.74 Å². The number of anilines is 1. The first-order valence-electron chi connectivity index (χ1n) is 12.8. The number of phenolic OH excluding ortho intramolecular Hbond substituents is 1. The van der Waals surface area contributed by atoms with Gasteiger partial charge in [0.05, 0.1) is 13.1 Å².